The van der Waals surface area contributed by atoms with Crippen molar-refractivity contribution >= 4 is 5.97 Å². The van der Waals surface area contributed by atoms with Gasteiger partial charge in [-0.1, -0.05) is 19.4 Å². The topological polar surface area (TPSA) is 53.3 Å². The van der Waals surface area contributed by atoms with Crippen molar-refractivity contribution in [1.29, 1.82) is 0 Å². The van der Waals surface area contributed by atoms with Crippen LogP contribution in [0.4, 0.5) is 0 Å². The number of aromatic nitrogens is 2. The molecule has 0 fully saturated rings. The van der Waals surface area contributed by atoms with Gasteiger partial charge in [-0.05, 0) is 25.5 Å². The van der Waals surface area contributed by atoms with E-state index in [1.807, 2.05) is 24.3 Å². The number of nitrogens with zero attached hydrogens (tertiary/aromatic N) is 2. The zero-order chi connectivity index (χ0) is 15.2. The molecule has 2 aromatic rings. The van der Waals surface area contributed by atoms with Crippen LogP contribution in [-0.4, -0.2) is 29.5 Å². The zero-order valence-electron chi connectivity index (χ0n) is 12.6. The molecule has 0 unspecified atom stereocenters. The first-order valence-corrected chi connectivity index (χ1v) is 7.09. The molecule has 21 heavy (non-hydrogen) atoms. The van der Waals surface area contributed by atoms with Crippen LogP contribution in [0.15, 0.2) is 30.5 Å². The second-order valence-corrected chi connectivity index (χ2v) is 4.59. The van der Waals surface area contributed by atoms with Crippen molar-refractivity contribution in [3.05, 3.63) is 41.7 Å². The summed E-state index contributed by atoms with van der Waals surface area (Å²) < 4.78 is 12.1. The summed E-state index contributed by atoms with van der Waals surface area (Å²) in [5.74, 6) is 0.429. The summed E-state index contributed by atoms with van der Waals surface area (Å²) in [6.45, 7) is 4.22. The molecule has 0 radical (unpaired) electrons. The maximum Gasteiger partial charge on any atom is 0.341 e. The number of hydrogen-bond acceptors (Lipinski definition) is 4. The van der Waals surface area contributed by atoms with Crippen LogP contribution >= 0.6 is 0 Å². The van der Waals surface area contributed by atoms with E-state index in [1.54, 1.807) is 24.9 Å². The Hall–Kier alpha value is -2.30. The van der Waals surface area contributed by atoms with E-state index in [0.29, 0.717) is 12.2 Å². The Labute approximate surface area is 124 Å². The van der Waals surface area contributed by atoms with Gasteiger partial charge < -0.3 is 9.47 Å². The van der Waals surface area contributed by atoms with Crippen molar-refractivity contribution in [2.24, 2.45) is 0 Å². The monoisotopic (exact) mass is 288 g/mol. The first-order chi connectivity index (χ1) is 10.2. The number of rotatable bonds is 6. The quantitative estimate of drug-likeness (QED) is 0.767. The van der Waals surface area contributed by atoms with Crippen LogP contribution < -0.4 is 4.74 Å². The van der Waals surface area contributed by atoms with Gasteiger partial charge in [0.25, 0.3) is 0 Å². The molecule has 1 heterocycles. The number of ether oxygens (including phenoxy) is 2. The predicted molar refractivity (Wildman–Crippen MR) is 80.1 cm³/mol. The molecule has 0 amide bonds. The Morgan fingerprint density at radius 3 is 2.81 bits per heavy atom. The molecule has 0 atom stereocenters. The fourth-order valence-corrected chi connectivity index (χ4v) is 2.20. The van der Waals surface area contributed by atoms with Crippen LogP contribution in [0.2, 0.25) is 0 Å². The second kappa shape index (κ2) is 6.92. The van der Waals surface area contributed by atoms with E-state index in [9.17, 15) is 4.79 Å². The van der Waals surface area contributed by atoms with Gasteiger partial charge in [0.1, 0.15) is 11.3 Å². The highest BCUT2D eigenvalue weighted by Gasteiger charge is 2.18. The van der Waals surface area contributed by atoms with Gasteiger partial charge >= 0.3 is 5.97 Å². The van der Waals surface area contributed by atoms with Gasteiger partial charge in [0, 0.05) is 6.07 Å². The van der Waals surface area contributed by atoms with E-state index >= 15 is 0 Å². The van der Waals surface area contributed by atoms with Crippen LogP contribution in [0.3, 0.4) is 0 Å². The van der Waals surface area contributed by atoms with Crippen molar-refractivity contribution in [1.82, 2.24) is 9.78 Å². The highest BCUT2D eigenvalue weighted by atomic mass is 16.5. The lowest BCUT2D eigenvalue weighted by atomic mass is 10.1. The summed E-state index contributed by atoms with van der Waals surface area (Å²) >= 11 is 0. The second-order valence-electron chi connectivity index (χ2n) is 4.59. The molecule has 0 N–H and O–H groups in total. The number of benzene rings is 1. The lowest BCUT2D eigenvalue weighted by Gasteiger charge is -2.10. The van der Waals surface area contributed by atoms with E-state index in [4.69, 9.17) is 9.47 Å². The predicted octanol–water partition coefficient (Wildman–Crippen LogP) is 3.01. The maximum absolute atomic E-state index is 12.0. The third-order valence-electron chi connectivity index (χ3n) is 3.15. The molecular formula is C16H20N2O3. The average Bonchev–Trinajstić information content (AvgIpc) is 2.92. The average molecular weight is 288 g/mol. The zero-order valence-corrected chi connectivity index (χ0v) is 12.6. The number of hydrogen-bond donors (Lipinski definition) is 0. The Kier molecular flexibility index (Phi) is 4.98. The highest BCUT2D eigenvalue weighted by molar-refractivity contribution is 5.90. The van der Waals surface area contributed by atoms with Crippen molar-refractivity contribution in [2.75, 3.05) is 13.7 Å². The minimum atomic E-state index is -0.324. The van der Waals surface area contributed by atoms with Gasteiger partial charge in [-0.25, -0.2) is 9.48 Å². The normalized spacial score (nSPS) is 10.4. The molecule has 5 nitrogen and oxygen atoms in total. The molecule has 0 aliphatic carbocycles. The van der Waals surface area contributed by atoms with Gasteiger partial charge in [0.2, 0.25) is 0 Å². The molecule has 1 aromatic heterocycles. The van der Waals surface area contributed by atoms with Gasteiger partial charge in [-0.3, -0.25) is 0 Å². The molecule has 0 spiro atoms. The molecule has 0 bridgehead atoms. The summed E-state index contributed by atoms with van der Waals surface area (Å²) in [6.07, 6.45) is 3.25. The minimum Gasteiger partial charge on any atom is -0.497 e. The lowest BCUT2D eigenvalue weighted by molar-refractivity contribution is 0.0525. The van der Waals surface area contributed by atoms with Crippen LogP contribution in [0.1, 0.15) is 36.3 Å². The summed E-state index contributed by atoms with van der Waals surface area (Å²) in [6, 6.07) is 7.60. The number of methoxy groups -OCH3 is 1. The fraction of sp³-hybridized carbons (Fsp3) is 0.375. The number of carbonyl (C=O) groups excluding carboxylic acids is 1. The van der Waals surface area contributed by atoms with Gasteiger partial charge in [-0.2, -0.15) is 5.10 Å². The largest absolute Gasteiger partial charge is 0.497 e. The summed E-state index contributed by atoms with van der Waals surface area (Å²) in [4.78, 5) is 12.0. The van der Waals surface area contributed by atoms with E-state index in [-0.39, 0.29) is 5.97 Å². The van der Waals surface area contributed by atoms with Crippen LogP contribution in [-0.2, 0) is 11.2 Å². The third-order valence-corrected chi connectivity index (χ3v) is 3.15. The third kappa shape index (κ3) is 3.24. The Morgan fingerprint density at radius 2 is 2.14 bits per heavy atom. The summed E-state index contributed by atoms with van der Waals surface area (Å²) in [5, 5.41) is 4.34. The van der Waals surface area contributed by atoms with Crippen molar-refractivity contribution < 1.29 is 14.3 Å². The van der Waals surface area contributed by atoms with Crippen LogP contribution in [0.5, 0.6) is 5.75 Å². The molecule has 2 rings (SSSR count). The molecule has 0 aliphatic rings. The first-order valence-electron chi connectivity index (χ1n) is 7.09. The maximum atomic E-state index is 12.0. The highest BCUT2D eigenvalue weighted by Crippen LogP contribution is 2.21. The molecule has 1 aromatic carbocycles. The Bertz CT molecular complexity index is 620. The van der Waals surface area contributed by atoms with Crippen LogP contribution in [0, 0.1) is 0 Å². The molecule has 112 valence electrons. The van der Waals surface area contributed by atoms with Crippen LogP contribution in [0.25, 0.3) is 5.69 Å². The summed E-state index contributed by atoms with van der Waals surface area (Å²) in [5.41, 5.74) is 2.26. The van der Waals surface area contributed by atoms with Crippen molar-refractivity contribution in [3.63, 3.8) is 0 Å². The first kappa shape index (κ1) is 15.1. The molecule has 0 saturated carbocycles. The van der Waals surface area contributed by atoms with E-state index in [2.05, 4.69) is 12.0 Å². The molecule has 5 heteroatoms. The molecule has 0 saturated heterocycles. The standard InChI is InChI=1S/C16H20N2O3/c1-4-7-15-14(16(19)21-5-2)11-17-18(15)12-8-6-9-13(10-12)20-3/h6,8-11H,4-5,7H2,1-3H3. The Morgan fingerprint density at radius 1 is 1.33 bits per heavy atom. The minimum absolute atomic E-state index is 0.324. The van der Waals surface area contributed by atoms with Gasteiger partial charge in [0.05, 0.1) is 31.3 Å². The smallest absolute Gasteiger partial charge is 0.341 e. The Balaban J connectivity index is 2.45. The number of carbonyl (C=O) groups is 1. The van der Waals surface area contributed by atoms with Crippen molar-refractivity contribution in [2.45, 2.75) is 26.7 Å². The SMILES string of the molecule is CCCc1c(C(=O)OCC)cnn1-c1cccc(OC)c1. The van der Waals surface area contributed by atoms with E-state index in [1.165, 1.54) is 0 Å². The molecule has 0 aliphatic heterocycles. The van der Waals surface area contributed by atoms with Gasteiger partial charge in [-0.15, -0.1) is 0 Å². The summed E-state index contributed by atoms with van der Waals surface area (Å²) in [7, 11) is 1.62. The molecular weight excluding hydrogens is 268 g/mol. The van der Waals surface area contributed by atoms with E-state index < -0.39 is 0 Å². The van der Waals surface area contributed by atoms with Gasteiger partial charge in [0.15, 0.2) is 0 Å². The lowest BCUT2D eigenvalue weighted by Crippen LogP contribution is -2.09. The van der Waals surface area contributed by atoms with Crippen molar-refractivity contribution in [3.8, 4) is 11.4 Å². The number of esters is 1. The van der Waals surface area contributed by atoms with E-state index in [0.717, 1.165) is 30.0 Å². The fourth-order valence-electron chi connectivity index (χ4n) is 2.20.